The molecule has 2 atom stereocenters. The van der Waals surface area contributed by atoms with Crippen LogP contribution in [0.3, 0.4) is 0 Å². The molecule has 0 aromatic heterocycles. The van der Waals surface area contributed by atoms with Crippen molar-refractivity contribution in [1.29, 1.82) is 0 Å². The van der Waals surface area contributed by atoms with Crippen LogP contribution in [0.25, 0.3) is 0 Å². The summed E-state index contributed by atoms with van der Waals surface area (Å²) in [6.45, 7) is 2.39. The first-order valence-electron chi connectivity index (χ1n) is 6.69. The second kappa shape index (κ2) is 5.87. The van der Waals surface area contributed by atoms with E-state index in [1.165, 1.54) is 4.90 Å². The van der Waals surface area contributed by atoms with E-state index in [0.717, 1.165) is 18.4 Å². The van der Waals surface area contributed by atoms with E-state index < -0.39 is 12.0 Å². The average Bonchev–Trinajstić information content (AvgIpc) is 2.46. The van der Waals surface area contributed by atoms with Crippen molar-refractivity contribution in [1.82, 2.24) is 4.90 Å². The molecule has 2 unspecified atom stereocenters. The van der Waals surface area contributed by atoms with Gasteiger partial charge in [0, 0.05) is 6.54 Å². The van der Waals surface area contributed by atoms with Crippen molar-refractivity contribution >= 4 is 11.9 Å². The molecule has 1 N–H and O–H groups in total. The number of rotatable bonds is 3. The van der Waals surface area contributed by atoms with Gasteiger partial charge in [0.2, 0.25) is 5.91 Å². The number of amides is 1. The quantitative estimate of drug-likeness (QED) is 0.908. The summed E-state index contributed by atoms with van der Waals surface area (Å²) in [4.78, 5) is 25.2. The second-order valence-corrected chi connectivity index (χ2v) is 5.01. The average molecular weight is 261 g/mol. The van der Waals surface area contributed by atoms with E-state index in [9.17, 15) is 14.7 Å². The van der Waals surface area contributed by atoms with E-state index in [1.54, 1.807) is 0 Å². The lowest BCUT2D eigenvalue weighted by Crippen LogP contribution is -2.49. The van der Waals surface area contributed by atoms with Crippen LogP contribution in [0.4, 0.5) is 0 Å². The van der Waals surface area contributed by atoms with Crippen molar-refractivity contribution < 1.29 is 14.7 Å². The van der Waals surface area contributed by atoms with Crippen LogP contribution in [0.2, 0.25) is 0 Å². The summed E-state index contributed by atoms with van der Waals surface area (Å²) in [5.74, 6) is -1.27. The number of benzene rings is 1. The molecule has 0 radical (unpaired) electrons. The summed E-state index contributed by atoms with van der Waals surface area (Å²) >= 11 is 0. The highest BCUT2D eigenvalue weighted by molar-refractivity contribution is 5.88. The third-order valence-corrected chi connectivity index (χ3v) is 3.74. The minimum atomic E-state index is -0.895. The number of nitrogens with zero attached hydrogens (tertiary/aromatic N) is 1. The Balaban J connectivity index is 2.15. The maximum Gasteiger partial charge on any atom is 0.326 e. The smallest absolute Gasteiger partial charge is 0.326 e. The minimum absolute atomic E-state index is 0.0849. The van der Waals surface area contributed by atoms with Gasteiger partial charge in [-0.25, -0.2) is 4.79 Å². The number of hydrogen-bond donors (Lipinski definition) is 1. The Morgan fingerprint density at radius 1 is 1.26 bits per heavy atom. The Morgan fingerprint density at radius 3 is 2.58 bits per heavy atom. The summed E-state index contributed by atoms with van der Waals surface area (Å²) < 4.78 is 0. The fraction of sp³-hybridized carbons (Fsp3) is 0.467. The van der Waals surface area contributed by atoms with Gasteiger partial charge in [0.1, 0.15) is 6.04 Å². The molecular formula is C15H19NO3. The van der Waals surface area contributed by atoms with Crippen LogP contribution in [-0.2, 0) is 9.59 Å². The normalized spacial score (nSPS) is 20.9. The summed E-state index contributed by atoms with van der Waals surface area (Å²) in [7, 11) is 0. The van der Waals surface area contributed by atoms with Crippen molar-refractivity contribution in [3.63, 3.8) is 0 Å². The lowest BCUT2D eigenvalue weighted by Gasteiger charge is -2.34. The van der Waals surface area contributed by atoms with E-state index in [1.807, 2.05) is 37.3 Å². The van der Waals surface area contributed by atoms with Crippen LogP contribution in [-0.4, -0.2) is 34.5 Å². The zero-order valence-corrected chi connectivity index (χ0v) is 11.1. The Kier molecular flexibility index (Phi) is 4.20. The number of carbonyl (C=O) groups is 2. The second-order valence-electron chi connectivity index (χ2n) is 5.01. The van der Waals surface area contributed by atoms with Gasteiger partial charge >= 0.3 is 5.97 Å². The van der Waals surface area contributed by atoms with Gasteiger partial charge in [0.15, 0.2) is 0 Å². The van der Waals surface area contributed by atoms with Crippen molar-refractivity contribution in [2.24, 2.45) is 0 Å². The number of aliphatic carboxylic acids is 1. The molecule has 1 aromatic carbocycles. The van der Waals surface area contributed by atoms with Crippen molar-refractivity contribution in [2.45, 2.75) is 38.1 Å². The summed E-state index contributed by atoms with van der Waals surface area (Å²) in [5, 5.41) is 9.22. The van der Waals surface area contributed by atoms with Crippen LogP contribution in [0.15, 0.2) is 30.3 Å². The maximum absolute atomic E-state index is 12.5. The van der Waals surface area contributed by atoms with Crippen molar-refractivity contribution in [2.75, 3.05) is 6.54 Å². The first kappa shape index (κ1) is 13.6. The van der Waals surface area contributed by atoms with Crippen molar-refractivity contribution in [3.05, 3.63) is 35.9 Å². The van der Waals surface area contributed by atoms with Gasteiger partial charge in [-0.2, -0.15) is 0 Å². The van der Waals surface area contributed by atoms with Crippen LogP contribution >= 0.6 is 0 Å². The number of carbonyl (C=O) groups excluding carboxylic acids is 1. The van der Waals surface area contributed by atoms with Gasteiger partial charge in [0.05, 0.1) is 5.92 Å². The van der Waals surface area contributed by atoms with Gasteiger partial charge in [-0.05, 0) is 31.7 Å². The molecule has 1 fully saturated rings. The Morgan fingerprint density at radius 2 is 1.95 bits per heavy atom. The van der Waals surface area contributed by atoms with Crippen LogP contribution < -0.4 is 0 Å². The highest BCUT2D eigenvalue weighted by atomic mass is 16.4. The van der Waals surface area contributed by atoms with Gasteiger partial charge in [-0.3, -0.25) is 4.79 Å². The lowest BCUT2D eigenvalue weighted by atomic mass is 9.95. The van der Waals surface area contributed by atoms with Crippen LogP contribution in [0.5, 0.6) is 0 Å². The lowest BCUT2D eigenvalue weighted by molar-refractivity contribution is -0.152. The SMILES string of the molecule is CC(C(=O)N1CCCCC1C(=O)O)c1ccccc1. The molecule has 2 rings (SSSR count). The van der Waals surface area contributed by atoms with E-state index >= 15 is 0 Å². The van der Waals surface area contributed by atoms with E-state index in [4.69, 9.17) is 0 Å². The van der Waals surface area contributed by atoms with E-state index in [2.05, 4.69) is 0 Å². The summed E-state index contributed by atoms with van der Waals surface area (Å²) in [6.07, 6.45) is 2.32. The summed E-state index contributed by atoms with van der Waals surface area (Å²) in [6, 6.07) is 8.84. The topological polar surface area (TPSA) is 57.6 Å². The molecule has 1 aromatic rings. The fourth-order valence-corrected chi connectivity index (χ4v) is 2.59. The number of likely N-dealkylation sites (tertiary alicyclic amines) is 1. The van der Waals surface area contributed by atoms with Gasteiger partial charge in [-0.15, -0.1) is 0 Å². The third-order valence-electron chi connectivity index (χ3n) is 3.74. The zero-order chi connectivity index (χ0) is 13.8. The molecule has 1 amide bonds. The zero-order valence-electron chi connectivity index (χ0n) is 11.1. The number of carboxylic acids is 1. The Bertz CT molecular complexity index is 458. The fourth-order valence-electron chi connectivity index (χ4n) is 2.59. The first-order valence-corrected chi connectivity index (χ1v) is 6.69. The molecule has 0 spiro atoms. The van der Waals surface area contributed by atoms with Crippen LogP contribution in [0.1, 0.15) is 37.7 Å². The number of hydrogen-bond acceptors (Lipinski definition) is 2. The predicted molar refractivity (Wildman–Crippen MR) is 71.8 cm³/mol. The molecule has 1 heterocycles. The van der Waals surface area contributed by atoms with Gasteiger partial charge < -0.3 is 10.0 Å². The van der Waals surface area contributed by atoms with E-state index in [-0.39, 0.29) is 11.8 Å². The van der Waals surface area contributed by atoms with Crippen molar-refractivity contribution in [3.8, 4) is 0 Å². The van der Waals surface area contributed by atoms with Gasteiger partial charge in [0.25, 0.3) is 0 Å². The molecule has 102 valence electrons. The predicted octanol–water partition coefficient (Wildman–Crippen LogP) is 2.26. The molecule has 0 aliphatic carbocycles. The molecule has 4 heteroatoms. The summed E-state index contributed by atoms with van der Waals surface area (Å²) in [5.41, 5.74) is 0.933. The molecule has 0 saturated carbocycles. The standard InChI is InChI=1S/C15H19NO3/c1-11(12-7-3-2-4-8-12)14(17)16-10-6-5-9-13(16)15(18)19/h2-4,7-8,11,13H,5-6,9-10H2,1H3,(H,18,19). The Labute approximate surface area is 113 Å². The Hall–Kier alpha value is -1.84. The van der Waals surface area contributed by atoms with Gasteiger partial charge in [-0.1, -0.05) is 30.3 Å². The largest absolute Gasteiger partial charge is 0.480 e. The first-order chi connectivity index (χ1) is 9.11. The minimum Gasteiger partial charge on any atom is -0.480 e. The number of piperidine rings is 1. The third kappa shape index (κ3) is 2.95. The molecule has 1 aliphatic rings. The molecule has 1 aliphatic heterocycles. The molecular weight excluding hydrogens is 242 g/mol. The van der Waals surface area contributed by atoms with Crippen LogP contribution in [0, 0.1) is 0 Å². The van der Waals surface area contributed by atoms with E-state index in [0.29, 0.717) is 13.0 Å². The highest BCUT2D eigenvalue weighted by Gasteiger charge is 2.34. The molecule has 0 bridgehead atoms. The maximum atomic E-state index is 12.5. The number of carboxylic acid groups (broad SMARTS) is 1. The monoisotopic (exact) mass is 261 g/mol. The molecule has 4 nitrogen and oxygen atoms in total. The molecule has 1 saturated heterocycles. The highest BCUT2D eigenvalue weighted by Crippen LogP contribution is 2.24. The molecule has 19 heavy (non-hydrogen) atoms.